The maximum absolute atomic E-state index is 12.3. The lowest BCUT2D eigenvalue weighted by Gasteiger charge is -2.11. The van der Waals surface area contributed by atoms with Crippen LogP contribution in [0.4, 0.5) is 0 Å². The molecule has 0 aromatic heterocycles. The second-order valence-electron chi connectivity index (χ2n) is 19.3. The van der Waals surface area contributed by atoms with Gasteiger partial charge in [-0.15, -0.1) is 0 Å². The van der Waals surface area contributed by atoms with Crippen molar-refractivity contribution in [1.82, 2.24) is 0 Å². The fraction of sp³-hybridized carbons (Fsp3) is 0.729. The van der Waals surface area contributed by atoms with E-state index >= 15 is 0 Å². The first-order valence-electron chi connectivity index (χ1n) is 27.3. The van der Waals surface area contributed by atoms with Crippen LogP contribution in [-0.2, 0) is 12.8 Å². The molecule has 344 valence electrons. The Bertz CT molecular complexity index is 1440. The first-order chi connectivity index (χ1) is 30.1. The smallest absolute Gasteiger partial charge is 0.211 e. The molecule has 0 N–H and O–H groups in total. The van der Waals surface area contributed by atoms with E-state index in [-0.39, 0.29) is 0 Å². The third kappa shape index (κ3) is 22.6. The first-order valence-corrected chi connectivity index (χ1v) is 27.3. The van der Waals surface area contributed by atoms with Crippen molar-refractivity contribution in [3.8, 4) is 0 Å². The van der Waals surface area contributed by atoms with Crippen molar-refractivity contribution >= 4 is 11.4 Å². The van der Waals surface area contributed by atoms with Gasteiger partial charge in [-0.05, 0) is 86.8 Å². The molecule has 0 saturated heterocycles. The number of allylic oxidation sites excluding steroid dienone is 2. The van der Waals surface area contributed by atoms with Crippen LogP contribution >= 0.6 is 0 Å². The molecule has 0 saturated carbocycles. The van der Waals surface area contributed by atoms with Crippen LogP contribution in [-0.4, -0.2) is 4.70 Å². The van der Waals surface area contributed by atoms with E-state index in [9.17, 15) is 5.53 Å². The number of hydrogen-bond donors (Lipinski definition) is 0. The number of aryl methyl sites for hydroxylation is 2. The van der Waals surface area contributed by atoms with E-state index in [1.165, 1.54) is 258 Å². The molecule has 1 aliphatic rings. The zero-order valence-corrected chi connectivity index (χ0v) is 41.1. The molecule has 0 amide bonds. The highest BCUT2D eigenvalue weighted by atomic mass is 15.2. The van der Waals surface area contributed by atoms with Crippen LogP contribution < -0.4 is 0 Å². The molecule has 3 rings (SSSR count). The van der Waals surface area contributed by atoms with Gasteiger partial charge in [0.1, 0.15) is 0 Å². The van der Waals surface area contributed by atoms with E-state index in [2.05, 4.69) is 76.2 Å². The second kappa shape index (κ2) is 35.9. The van der Waals surface area contributed by atoms with Crippen LogP contribution in [0.25, 0.3) is 16.9 Å². The van der Waals surface area contributed by atoms with E-state index in [1.54, 1.807) is 4.70 Å². The third-order valence-corrected chi connectivity index (χ3v) is 13.7. The van der Waals surface area contributed by atoms with E-state index in [1.807, 2.05) is 0 Å². The van der Waals surface area contributed by atoms with Crippen molar-refractivity contribution in [3.63, 3.8) is 0 Å². The van der Waals surface area contributed by atoms with Crippen LogP contribution in [0.5, 0.6) is 0 Å². The summed E-state index contributed by atoms with van der Waals surface area (Å²) in [4.78, 5) is 0. The van der Waals surface area contributed by atoms with Gasteiger partial charge >= 0.3 is 0 Å². The lowest BCUT2D eigenvalue weighted by atomic mass is 9.90. The minimum atomic E-state index is 1.05. The monoisotopic (exact) mass is 835 g/mol. The van der Waals surface area contributed by atoms with Gasteiger partial charge in [-0.25, -0.2) is 4.70 Å². The molecule has 61 heavy (non-hydrogen) atoms. The van der Waals surface area contributed by atoms with Crippen molar-refractivity contribution in [1.29, 1.82) is 0 Å². The summed E-state index contributed by atoms with van der Waals surface area (Å²) >= 11 is 0. The molecule has 0 spiro atoms. The summed E-state index contributed by atoms with van der Waals surface area (Å²) in [5.41, 5.74) is 22.4. The molecular weight excluding hydrogens is 737 g/mol. The highest BCUT2D eigenvalue weighted by Gasteiger charge is 2.35. The van der Waals surface area contributed by atoms with Gasteiger partial charge in [0.25, 0.3) is 0 Å². The Morgan fingerprint density at radius 1 is 0.311 bits per heavy atom. The number of rotatable bonds is 41. The summed E-state index contributed by atoms with van der Waals surface area (Å²) in [5.74, 6) is 0. The van der Waals surface area contributed by atoms with E-state index in [0.29, 0.717) is 0 Å². The zero-order valence-electron chi connectivity index (χ0n) is 41.1. The molecule has 0 radical (unpaired) electrons. The molecule has 0 fully saturated rings. The maximum Gasteiger partial charge on any atom is 0.211 e. The van der Waals surface area contributed by atoms with Gasteiger partial charge in [0.05, 0.1) is 0 Å². The third-order valence-electron chi connectivity index (χ3n) is 13.7. The van der Waals surface area contributed by atoms with Gasteiger partial charge in [0.15, 0.2) is 0 Å². The highest BCUT2D eigenvalue weighted by molar-refractivity contribution is 5.82. The Balaban J connectivity index is 1.56. The molecule has 2 nitrogen and oxygen atoms in total. The van der Waals surface area contributed by atoms with Crippen molar-refractivity contribution in [3.05, 3.63) is 87.5 Å². The second-order valence-corrected chi connectivity index (χ2v) is 19.3. The molecule has 0 unspecified atom stereocenters. The first kappa shape index (κ1) is 52.9. The summed E-state index contributed by atoms with van der Waals surface area (Å²) in [6.45, 7) is 9.19. The van der Waals surface area contributed by atoms with Crippen molar-refractivity contribution in [2.24, 2.45) is 0 Å². The van der Waals surface area contributed by atoms with Crippen LogP contribution in [0.2, 0.25) is 0 Å². The summed E-state index contributed by atoms with van der Waals surface area (Å²) in [6.07, 6.45) is 52.2. The molecule has 2 aromatic carbocycles. The molecule has 0 atom stereocenters. The summed E-state index contributed by atoms with van der Waals surface area (Å²) in [6, 6.07) is 18.4. The van der Waals surface area contributed by atoms with Gasteiger partial charge in [0, 0.05) is 22.3 Å². The highest BCUT2D eigenvalue weighted by Crippen LogP contribution is 2.45. The predicted molar refractivity (Wildman–Crippen MR) is 271 cm³/mol. The Labute approximate surface area is 380 Å². The van der Waals surface area contributed by atoms with Gasteiger partial charge in [0.2, 0.25) is 11.4 Å². The Hall–Kier alpha value is -2.48. The van der Waals surface area contributed by atoms with E-state index in [0.717, 1.165) is 37.1 Å². The van der Waals surface area contributed by atoms with Crippen LogP contribution in [0, 0.1) is 0 Å². The van der Waals surface area contributed by atoms with Crippen molar-refractivity contribution < 1.29 is 4.70 Å². The molecular formula is C59H98N2. The Morgan fingerprint density at radius 2 is 0.639 bits per heavy atom. The van der Waals surface area contributed by atoms with Crippen molar-refractivity contribution in [2.45, 2.75) is 278 Å². The molecule has 2 aromatic rings. The van der Waals surface area contributed by atoms with Gasteiger partial charge in [-0.2, -0.15) is 0 Å². The average Bonchev–Trinajstić information content (AvgIpc) is 3.55. The molecule has 0 bridgehead atoms. The largest absolute Gasteiger partial charge is 0.493 e. The number of hydrogen-bond acceptors (Lipinski definition) is 0. The maximum atomic E-state index is 12.3. The number of nitrogens with zero attached hydrogens (tertiary/aromatic N) is 2. The van der Waals surface area contributed by atoms with Crippen LogP contribution in [0.15, 0.2) is 59.7 Å². The summed E-state index contributed by atoms with van der Waals surface area (Å²) in [5, 5.41) is 0. The standard InChI is InChI=1S/C59H98N2/c1-5-9-13-16-19-20-21-22-23-24-25-26-27-28-29-30-31-32-33-36-39-45-56-57(46-38-35-18-15-11-7-3)59(55-44-40-43-53(51-55)41-12-8-4)61(60)58(56)54-49-47-52(48-50-54)42-37-34-17-14-10-6-2/h40,43-44,47-51H,5-39,41-42,45-46H2,1-4H3. The van der Waals surface area contributed by atoms with Gasteiger partial charge < -0.3 is 5.53 Å². The number of benzene rings is 2. The lowest BCUT2D eigenvalue weighted by molar-refractivity contribution is -0.345. The van der Waals surface area contributed by atoms with Gasteiger partial charge in [-0.3, -0.25) is 0 Å². The lowest BCUT2D eigenvalue weighted by Crippen LogP contribution is -2.03. The van der Waals surface area contributed by atoms with E-state index < -0.39 is 0 Å². The fourth-order valence-corrected chi connectivity index (χ4v) is 9.79. The Kier molecular flexibility index (Phi) is 31.1. The molecule has 1 heterocycles. The SMILES string of the molecule is CCCCCCCCCCCCCCCCCCCCCCCC1=C(c2ccc(CCCCCCCC)cc2)[N+](=[N-])C(c2cccc(CCCC)c2)=C1CCCCCCCC. The Morgan fingerprint density at radius 3 is 1.03 bits per heavy atom. The van der Waals surface area contributed by atoms with Crippen LogP contribution in [0.1, 0.15) is 288 Å². The van der Waals surface area contributed by atoms with Gasteiger partial charge in [-0.1, -0.05) is 251 Å². The topological polar surface area (TPSA) is 25.3 Å². The normalized spacial score (nSPS) is 13.1. The molecule has 1 aliphatic heterocycles. The fourth-order valence-electron chi connectivity index (χ4n) is 9.79. The minimum absolute atomic E-state index is 1.05. The average molecular weight is 835 g/mol. The van der Waals surface area contributed by atoms with E-state index in [4.69, 9.17) is 0 Å². The van der Waals surface area contributed by atoms with Crippen LogP contribution in [0.3, 0.4) is 0 Å². The molecule has 0 aliphatic carbocycles. The predicted octanol–water partition coefficient (Wildman–Crippen LogP) is 20.5. The van der Waals surface area contributed by atoms with Crippen molar-refractivity contribution in [2.75, 3.05) is 0 Å². The minimum Gasteiger partial charge on any atom is -0.493 e. The summed E-state index contributed by atoms with van der Waals surface area (Å²) in [7, 11) is 0. The quantitative estimate of drug-likeness (QED) is 0.0471. The summed E-state index contributed by atoms with van der Waals surface area (Å²) < 4.78 is 1.63. The zero-order chi connectivity index (χ0) is 43.4. The molecule has 2 heteroatoms. The number of unbranched alkanes of at least 4 members (excludes halogenated alkanes) is 31.